The van der Waals surface area contributed by atoms with Crippen molar-refractivity contribution in [3.05, 3.63) is 42.5 Å². The number of nitrogens with one attached hydrogen (secondary N) is 2. The van der Waals surface area contributed by atoms with Crippen LogP contribution in [0.3, 0.4) is 0 Å². The first-order chi connectivity index (χ1) is 10.6. The number of hydrogen-bond donors (Lipinski definition) is 3. The molecule has 1 amide bonds. The Balaban J connectivity index is 1.66. The van der Waals surface area contributed by atoms with E-state index in [1.165, 1.54) is 0 Å². The maximum Gasteiger partial charge on any atom is 0.226 e. The number of H-pyrrole nitrogens is 1. The Morgan fingerprint density at radius 1 is 1.50 bits per heavy atom. The molecule has 1 unspecified atom stereocenters. The van der Waals surface area contributed by atoms with Crippen molar-refractivity contribution in [1.29, 1.82) is 0 Å². The van der Waals surface area contributed by atoms with Gasteiger partial charge in [-0.25, -0.2) is 4.98 Å². The first kappa shape index (κ1) is 14.3. The van der Waals surface area contributed by atoms with Gasteiger partial charge in [0.05, 0.1) is 11.0 Å². The molecule has 1 aromatic carbocycles. The molecule has 1 atom stereocenters. The fraction of sp³-hybridized carbons (Fsp3) is 0.267. The summed E-state index contributed by atoms with van der Waals surface area (Å²) in [7, 11) is 0. The first-order valence-electron chi connectivity index (χ1n) is 7.07. The number of aryl methyl sites for hydroxylation is 1. The van der Waals surface area contributed by atoms with Gasteiger partial charge < -0.3 is 15.4 Å². The predicted octanol–water partition coefficient (Wildman–Crippen LogP) is 1.84. The Kier molecular flexibility index (Phi) is 3.88. The average molecular weight is 299 g/mol. The summed E-state index contributed by atoms with van der Waals surface area (Å²) in [6, 6.07) is 7.23. The lowest BCUT2D eigenvalue weighted by Crippen LogP contribution is -2.14. The summed E-state index contributed by atoms with van der Waals surface area (Å²) in [5, 5.41) is 16.4. The highest BCUT2D eigenvalue weighted by atomic mass is 16.3. The minimum atomic E-state index is -0.653. The first-order valence-corrected chi connectivity index (χ1v) is 7.07. The summed E-state index contributed by atoms with van der Waals surface area (Å²) in [5.41, 5.74) is 2.23. The van der Waals surface area contributed by atoms with Crippen LogP contribution in [-0.2, 0) is 11.3 Å². The van der Waals surface area contributed by atoms with E-state index < -0.39 is 6.10 Å². The second kappa shape index (κ2) is 5.98. The molecule has 0 saturated heterocycles. The van der Waals surface area contributed by atoms with Crippen molar-refractivity contribution in [1.82, 2.24) is 19.7 Å². The van der Waals surface area contributed by atoms with Gasteiger partial charge in [-0.3, -0.25) is 9.48 Å². The van der Waals surface area contributed by atoms with E-state index in [2.05, 4.69) is 20.4 Å². The van der Waals surface area contributed by atoms with E-state index >= 15 is 0 Å². The predicted molar refractivity (Wildman–Crippen MR) is 82.2 cm³/mol. The second-order valence-corrected chi connectivity index (χ2v) is 5.10. The molecule has 2 heterocycles. The van der Waals surface area contributed by atoms with Gasteiger partial charge in [0, 0.05) is 31.0 Å². The van der Waals surface area contributed by atoms with E-state index in [4.69, 9.17) is 0 Å². The fourth-order valence-electron chi connectivity index (χ4n) is 2.18. The van der Waals surface area contributed by atoms with E-state index in [1.807, 2.05) is 12.3 Å². The van der Waals surface area contributed by atoms with Crippen molar-refractivity contribution in [3.8, 4) is 0 Å². The Hall–Kier alpha value is -2.67. The minimum Gasteiger partial charge on any atom is -0.385 e. The number of aliphatic hydroxyl groups excluding tert-OH is 1. The van der Waals surface area contributed by atoms with E-state index in [1.54, 1.807) is 36.0 Å². The highest BCUT2D eigenvalue weighted by molar-refractivity contribution is 5.93. The van der Waals surface area contributed by atoms with E-state index in [9.17, 15) is 9.90 Å². The van der Waals surface area contributed by atoms with Crippen molar-refractivity contribution < 1.29 is 9.90 Å². The number of rotatable bonds is 5. The number of nitrogens with zero attached hydrogens (tertiary/aromatic N) is 3. The van der Waals surface area contributed by atoms with Gasteiger partial charge in [0.25, 0.3) is 0 Å². The van der Waals surface area contributed by atoms with Gasteiger partial charge in [0.1, 0.15) is 11.9 Å². The Morgan fingerprint density at radius 3 is 3.09 bits per heavy atom. The molecule has 0 aliphatic carbocycles. The van der Waals surface area contributed by atoms with Crippen LogP contribution in [0.4, 0.5) is 5.69 Å². The topological polar surface area (TPSA) is 95.8 Å². The summed E-state index contributed by atoms with van der Waals surface area (Å²) in [4.78, 5) is 19.2. The van der Waals surface area contributed by atoms with Crippen LogP contribution in [-0.4, -0.2) is 30.8 Å². The van der Waals surface area contributed by atoms with Crippen molar-refractivity contribution in [2.75, 3.05) is 5.32 Å². The van der Waals surface area contributed by atoms with Crippen LogP contribution in [0, 0.1) is 0 Å². The molecule has 0 aliphatic heterocycles. The molecular formula is C15H17N5O2. The standard InChI is InChI=1S/C15H17N5O2/c1-10(21)15-18-12-4-3-11(9-13(12)19-15)17-14(22)5-8-20-7-2-6-16-20/h2-4,6-7,9-10,21H,5,8H2,1H3,(H,17,22)(H,18,19). The van der Waals surface area contributed by atoms with Crippen LogP contribution in [0.2, 0.25) is 0 Å². The van der Waals surface area contributed by atoms with Crippen molar-refractivity contribution in [2.24, 2.45) is 0 Å². The van der Waals surface area contributed by atoms with Crippen molar-refractivity contribution >= 4 is 22.6 Å². The van der Waals surface area contributed by atoms with Gasteiger partial charge in [-0.05, 0) is 31.2 Å². The number of carbonyl (C=O) groups is 1. The molecule has 3 N–H and O–H groups in total. The molecule has 0 fully saturated rings. The molecule has 0 spiro atoms. The number of amides is 1. The van der Waals surface area contributed by atoms with Gasteiger partial charge in [-0.15, -0.1) is 0 Å². The van der Waals surface area contributed by atoms with Gasteiger partial charge in [0.15, 0.2) is 0 Å². The maximum absolute atomic E-state index is 11.9. The lowest BCUT2D eigenvalue weighted by atomic mass is 10.2. The molecule has 22 heavy (non-hydrogen) atoms. The normalized spacial score (nSPS) is 12.5. The summed E-state index contributed by atoms with van der Waals surface area (Å²) < 4.78 is 1.71. The number of aromatic amines is 1. The van der Waals surface area contributed by atoms with Crippen LogP contribution in [0.25, 0.3) is 11.0 Å². The minimum absolute atomic E-state index is 0.0786. The molecule has 0 aliphatic rings. The van der Waals surface area contributed by atoms with Gasteiger partial charge in [-0.1, -0.05) is 0 Å². The van der Waals surface area contributed by atoms with Gasteiger partial charge in [-0.2, -0.15) is 5.10 Å². The number of aliphatic hydroxyl groups is 1. The molecule has 7 heteroatoms. The second-order valence-electron chi connectivity index (χ2n) is 5.10. The van der Waals surface area contributed by atoms with Crippen LogP contribution in [0.15, 0.2) is 36.7 Å². The van der Waals surface area contributed by atoms with E-state index in [-0.39, 0.29) is 5.91 Å². The number of carbonyl (C=O) groups excluding carboxylic acids is 1. The highest BCUT2D eigenvalue weighted by Gasteiger charge is 2.09. The summed E-state index contributed by atoms with van der Waals surface area (Å²) >= 11 is 0. The number of fused-ring (bicyclic) bond motifs is 1. The molecule has 0 saturated carbocycles. The highest BCUT2D eigenvalue weighted by Crippen LogP contribution is 2.19. The molecule has 2 aromatic heterocycles. The molecular weight excluding hydrogens is 282 g/mol. The zero-order valence-electron chi connectivity index (χ0n) is 12.2. The largest absolute Gasteiger partial charge is 0.385 e. The summed E-state index contributed by atoms with van der Waals surface area (Å²) in [6.45, 7) is 2.19. The SMILES string of the molecule is CC(O)c1nc2ccc(NC(=O)CCn3cccn3)cc2[nH]1. The number of anilines is 1. The van der Waals surface area contributed by atoms with Crippen LogP contribution >= 0.6 is 0 Å². The Labute approximate surface area is 127 Å². The van der Waals surface area contributed by atoms with Crippen LogP contribution in [0.1, 0.15) is 25.3 Å². The van der Waals surface area contributed by atoms with E-state index in [0.29, 0.717) is 24.5 Å². The number of aromatic nitrogens is 4. The quantitative estimate of drug-likeness (QED) is 0.670. The fourth-order valence-corrected chi connectivity index (χ4v) is 2.18. The Morgan fingerprint density at radius 2 is 2.36 bits per heavy atom. The van der Waals surface area contributed by atoms with Gasteiger partial charge in [0.2, 0.25) is 5.91 Å². The molecule has 114 valence electrons. The Bertz CT molecular complexity index is 776. The maximum atomic E-state index is 11.9. The average Bonchev–Trinajstić information content (AvgIpc) is 3.14. The number of imidazole rings is 1. The molecule has 3 rings (SSSR count). The molecule has 3 aromatic rings. The monoisotopic (exact) mass is 299 g/mol. The third kappa shape index (κ3) is 3.15. The number of hydrogen-bond acceptors (Lipinski definition) is 4. The zero-order valence-corrected chi connectivity index (χ0v) is 12.2. The molecule has 7 nitrogen and oxygen atoms in total. The lowest BCUT2D eigenvalue weighted by molar-refractivity contribution is -0.116. The summed E-state index contributed by atoms with van der Waals surface area (Å²) in [5.74, 6) is 0.433. The smallest absolute Gasteiger partial charge is 0.226 e. The van der Waals surface area contributed by atoms with Crippen molar-refractivity contribution in [2.45, 2.75) is 26.0 Å². The van der Waals surface area contributed by atoms with Crippen molar-refractivity contribution in [3.63, 3.8) is 0 Å². The molecule has 0 radical (unpaired) electrons. The molecule has 0 bridgehead atoms. The number of benzene rings is 1. The third-order valence-corrected chi connectivity index (χ3v) is 3.31. The van der Waals surface area contributed by atoms with Gasteiger partial charge >= 0.3 is 0 Å². The summed E-state index contributed by atoms with van der Waals surface area (Å²) in [6.07, 6.45) is 3.20. The van der Waals surface area contributed by atoms with Crippen LogP contribution in [0.5, 0.6) is 0 Å². The third-order valence-electron chi connectivity index (χ3n) is 3.31. The zero-order chi connectivity index (χ0) is 15.5. The van der Waals surface area contributed by atoms with E-state index in [0.717, 1.165) is 11.0 Å². The lowest BCUT2D eigenvalue weighted by Gasteiger charge is -2.05. The van der Waals surface area contributed by atoms with Crippen LogP contribution < -0.4 is 5.32 Å².